The van der Waals surface area contributed by atoms with Crippen molar-refractivity contribution < 1.29 is 19.2 Å². The van der Waals surface area contributed by atoms with Gasteiger partial charge in [-0.15, -0.1) is 0 Å². The molecule has 0 aromatic heterocycles. The van der Waals surface area contributed by atoms with Crippen LogP contribution < -0.4 is 10.5 Å². The Morgan fingerprint density at radius 1 is 1.36 bits per heavy atom. The average molecular weight is 306 g/mol. The van der Waals surface area contributed by atoms with Gasteiger partial charge in [0.15, 0.2) is 0 Å². The molecule has 2 N–H and O–H groups in total. The summed E-state index contributed by atoms with van der Waals surface area (Å²) in [4.78, 5) is 33.0. The number of carbonyl (C=O) groups excluding carboxylic acids is 2. The molecule has 0 atom stereocenters. The topological polar surface area (TPSA) is 113 Å². The summed E-state index contributed by atoms with van der Waals surface area (Å²) >= 11 is 0. The van der Waals surface area contributed by atoms with Crippen LogP contribution in [-0.4, -0.2) is 16.8 Å². The zero-order chi connectivity index (χ0) is 16.9. The monoisotopic (exact) mass is 306 g/mol. The molecule has 7 nitrogen and oxygen atoms in total. The molecule has 0 saturated carbocycles. The number of nitro benzene ring substituents is 1. The van der Waals surface area contributed by atoms with Crippen LogP contribution in [0.4, 0.5) is 5.69 Å². The van der Waals surface area contributed by atoms with Gasteiger partial charge in [0.05, 0.1) is 4.92 Å². The SMILES string of the molecule is CCc1cc(C=CC(N)=O)c(CC)c([N+](=O)[O-])c1OC(C)=O. The largest absolute Gasteiger partial charge is 0.419 e. The molecule has 118 valence electrons. The third-order valence-corrected chi connectivity index (χ3v) is 3.06. The fourth-order valence-corrected chi connectivity index (χ4v) is 2.17. The van der Waals surface area contributed by atoms with E-state index < -0.39 is 16.8 Å². The van der Waals surface area contributed by atoms with Crippen LogP contribution in [0.2, 0.25) is 0 Å². The van der Waals surface area contributed by atoms with E-state index in [-0.39, 0.29) is 11.4 Å². The van der Waals surface area contributed by atoms with E-state index in [4.69, 9.17) is 10.5 Å². The van der Waals surface area contributed by atoms with Gasteiger partial charge in [0, 0.05) is 24.1 Å². The molecule has 0 aliphatic heterocycles. The fraction of sp³-hybridized carbons (Fsp3) is 0.333. The molecule has 0 aliphatic carbocycles. The van der Waals surface area contributed by atoms with Crippen LogP contribution in [0.3, 0.4) is 0 Å². The Balaban J connectivity index is 3.69. The van der Waals surface area contributed by atoms with Crippen molar-refractivity contribution in [1.82, 2.24) is 0 Å². The first-order chi connectivity index (χ1) is 10.3. The van der Waals surface area contributed by atoms with Crippen molar-refractivity contribution in [2.45, 2.75) is 33.6 Å². The summed E-state index contributed by atoms with van der Waals surface area (Å²) in [6.45, 7) is 4.72. The van der Waals surface area contributed by atoms with Gasteiger partial charge in [0.2, 0.25) is 11.7 Å². The van der Waals surface area contributed by atoms with E-state index in [1.165, 1.54) is 13.0 Å². The zero-order valence-electron chi connectivity index (χ0n) is 12.7. The van der Waals surface area contributed by atoms with Crippen molar-refractivity contribution in [3.05, 3.63) is 38.9 Å². The van der Waals surface area contributed by atoms with Gasteiger partial charge in [-0.3, -0.25) is 19.7 Å². The summed E-state index contributed by atoms with van der Waals surface area (Å²) < 4.78 is 5.06. The summed E-state index contributed by atoms with van der Waals surface area (Å²) in [6.07, 6.45) is 3.35. The number of hydrogen-bond acceptors (Lipinski definition) is 5. The Hall–Kier alpha value is -2.70. The van der Waals surface area contributed by atoms with Crippen LogP contribution in [0.25, 0.3) is 6.08 Å². The third-order valence-electron chi connectivity index (χ3n) is 3.06. The predicted octanol–water partition coefficient (Wildman–Crippen LogP) is 2.14. The number of ether oxygens (including phenoxy) is 1. The molecule has 22 heavy (non-hydrogen) atoms. The third kappa shape index (κ3) is 3.91. The van der Waals surface area contributed by atoms with Gasteiger partial charge in [-0.25, -0.2) is 0 Å². The Kier molecular flexibility index (Phi) is 5.80. The average Bonchev–Trinajstić information content (AvgIpc) is 2.43. The van der Waals surface area contributed by atoms with Crippen molar-refractivity contribution >= 4 is 23.6 Å². The van der Waals surface area contributed by atoms with Gasteiger partial charge in [0.1, 0.15) is 0 Å². The fourth-order valence-electron chi connectivity index (χ4n) is 2.17. The van der Waals surface area contributed by atoms with E-state index in [9.17, 15) is 19.7 Å². The molecular formula is C15H18N2O5. The van der Waals surface area contributed by atoms with Crippen LogP contribution in [0.15, 0.2) is 12.1 Å². The highest BCUT2D eigenvalue weighted by Gasteiger charge is 2.27. The molecule has 0 heterocycles. The van der Waals surface area contributed by atoms with Crippen LogP contribution in [0, 0.1) is 10.1 Å². The normalized spacial score (nSPS) is 10.7. The summed E-state index contributed by atoms with van der Waals surface area (Å²) in [5.41, 5.74) is 6.23. The minimum absolute atomic E-state index is 0.0342. The second-order valence-electron chi connectivity index (χ2n) is 4.57. The maximum atomic E-state index is 11.4. The van der Waals surface area contributed by atoms with Gasteiger partial charge in [-0.2, -0.15) is 0 Å². The Morgan fingerprint density at radius 3 is 2.41 bits per heavy atom. The molecule has 0 radical (unpaired) electrons. The van der Waals surface area contributed by atoms with Crippen molar-refractivity contribution in [3.8, 4) is 5.75 Å². The molecule has 0 unspecified atom stereocenters. The Bertz CT molecular complexity index is 650. The molecule has 1 aromatic carbocycles. The minimum atomic E-state index is -0.646. The first kappa shape index (κ1) is 17.4. The standard InChI is InChI=1S/C15H18N2O5/c1-4-10-8-11(6-7-13(16)19)12(5-2)14(17(20)21)15(10)22-9(3)18/h6-8H,4-5H2,1-3H3,(H2,16,19). The molecule has 0 saturated heterocycles. The first-order valence-corrected chi connectivity index (χ1v) is 6.80. The van der Waals surface area contributed by atoms with Gasteiger partial charge < -0.3 is 10.5 Å². The maximum Gasteiger partial charge on any atom is 0.315 e. The van der Waals surface area contributed by atoms with E-state index in [0.29, 0.717) is 29.5 Å². The van der Waals surface area contributed by atoms with E-state index in [2.05, 4.69) is 0 Å². The number of nitro groups is 1. The number of amides is 1. The molecule has 0 aliphatic rings. The summed E-state index contributed by atoms with van der Waals surface area (Å²) in [5, 5.41) is 11.4. The van der Waals surface area contributed by atoms with Crippen LogP contribution in [-0.2, 0) is 22.4 Å². The minimum Gasteiger partial charge on any atom is -0.419 e. The lowest BCUT2D eigenvalue weighted by atomic mass is 9.96. The number of nitrogens with zero attached hydrogens (tertiary/aromatic N) is 1. The first-order valence-electron chi connectivity index (χ1n) is 6.80. The number of esters is 1. The molecular weight excluding hydrogens is 288 g/mol. The molecule has 0 spiro atoms. The number of benzene rings is 1. The molecule has 1 rings (SSSR count). The molecule has 7 heteroatoms. The number of nitrogens with two attached hydrogens (primary N) is 1. The van der Waals surface area contributed by atoms with E-state index >= 15 is 0 Å². The predicted molar refractivity (Wildman–Crippen MR) is 81.4 cm³/mol. The maximum absolute atomic E-state index is 11.4. The molecule has 0 bridgehead atoms. The Morgan fingerprint density at radius 2 is 2.00 bits per heavy atom. The molecule has 1 amide bonds. The molecule has 1 aromatic rings. The second kappa shape index (κ2) is 7.35. The van der Waals surface area contributed by atoms with Crippen LogP contribution >= 0.6 is 0 Å². The number of rotatable bonds is 6. The number of primary amides is 1. The van der Waals surface area contributed by atoms with E-state index in [1.807, 2.05) is 0 Å². The van der Waals surface area contributed by atoms with Crippen LogP contribution in [0.5, 0.6) is 5.75 Å². The van der Waals surface area contributed by atoms with Crippen molar-refractivity contribution in [2.24, 2.45) is 5.73 Å². The highest BCUT2D eigenvalue weighted by molar-refractivity contribution is 5.91. The lowest BCUT2D eigenvalue weighted by molar-refractivity contribution is -0.386. The highest BCUT2D eigenvalue weighted by Crippen LogP contribution is 2.38. The zero-order valence-corrected chi connectivity index (χ0v) is 12.7. The second-order valence-corrected chi connectivity index (χ2v) is 4.57. The van der Waals surface area contributed by atoms with Gasteiger partial charge in [0.25, 0.3) is 0 Å². The van der Waals surface area contributed by atoms with E-state index in [0.717, 1.165) is 6.08 Å². The Labute approximate surface area is 127 Å². The number of hydrogen-bond donors (Lipinski definition) is 1. The number of aryl methyl sites for hydroxylation is 1. The lowest BCUT2D eigenvalue weighted by Gasteiger charge is -2.13. The summed E-state index contributed by atoms with van der Waals surface area (Å²) in [7, 11) is 0. The van der Waals surface area contributed by atoms with E-state index in [1.54, 1.807) is 19.9 Å². The van der Waals surface area contributed by atoms with Crippen molar-refractivity contribution in [3.63, 3.8) is 0 Å². The lowest BCUT2D eigenvalue weighted by Crippen LogP contribution is -2.10. The van der Waals surface area contributed by atoms with Gasteiger partial charge in [-0.1, -0.05) is 13.8 Å². The summed E-state index contributed by atoms with van der Waals surface area (Å²) in [5.74, 6) is -1.31. The quantitative estimate of drug-likeness (QED) is 0.284. The van der Waals surface area contributed by atoms with Crippen molar-refractivity contribution in [1.29, 1.82) is 0 Å². The van der Waals surface area contributed by atoms with Gasteiger partial charge >= 0.3 is 11.7 Å². The van der Waals surface area contributed by atoms with Crippen LogP contribution in [0.1, 0.15) is 37.5 Å². The molecule has 0 fully saturated rings. The van der Waals surface area contributed by atoms with Gasteiger partial charge in [-0.05, 0) is 30.5 Å². The number of carbonyl (C=O) groups is 2. The highest BCUT2D eigenvalue weighted by atomic mass is 16.6. The van der Waals surface area contributed by atoms with Crippen molar-refractivity contribution in [2.75, 3.05) is 0 Å². The smallest absolute Gasteiger partial charge is 0.315 e. The summed E-state index contributed by atoms with van der Waals surface area (Å²) in [6, 6.07) is 1.67.